The van der Waals surface area contributed by atoms with Crippen LogP contribution in [0.3, 0.4) is 0 Å². The second-order valence-electron chi connectivity index (χ2n) is 5.90. The zero-order valence-corrected chi connectivity index (χ0v) is 15.4. The molecule has 8 heteroatoms. The number of aromatic nitrogens is 1. The minimum absolute atomic E-state index is 0.0523. The highest BCUT2D eigenvalue weighted by Crippen LogP contribution is 2.33. The van der Waals surface area contributed by atoms with Gasteiger partial charge in [0.1, 0.15) is 5.75 Å². The van der Waals surface area contributed by atoms with Gasteiger partial charge < -0.3 is 20.1 Å². The molecular weight excluding hydrogens is 354 g/mol. The van der Waals surface area contributed by atoms with Crippen LogP contribution in [-0.2, 0) is 14.3 Å². The molecule has 0 spiro atoms. The van der Waals surface area contributed by atoms with Crippen molar-refractivity contribution in [2.75, 3.05) is 30.9 Å². The Balaban J connectivity index is 1.50. The fourth-order valence-corrected chi connectivity index (χ4v) is 3.35. The van der Waals surface area contributed by atoms with Crippen LogP contribution in [0.2, 0.25) is 0 Å². The zero-order valence-electron chi connectivity index (χ0n) is 14.5. The van der Waals surface area contributed by atoms with Crippen molar-refractivity contribution >= 4 is 34.0 Å². The Labute approximate surface area is 155 Å². The first-order valence-electron chi connectivity index (χ1n) is 8.49. The molecule has 1 amide bonds. The van der Waals surface area contributed by atoms with Crippen LogP contribution in [0.1, 0.15) is 25.7 Å². The number of nitrogens with zero attached hydrogens (tertiary/aromatic N) is 1. The number of esters is 1. The number of benzene rings is 1. The van der Waals surface area contributed by atoms with Crippen molar-refractivity contribution in [2.45, 2.75) is 25.7 Å². The van der Waals surface area contributed by atoms with Gasteiger partial charge in [0.2, 0.25) is 0 Å². The van der Waals surface area contributed by atoms with Gasteiger partial charge in [-0.15, -0.1) is 11.3 Å². The topological polar surface area (TPSA) is 89.5 Å². The Hall–Kier alpha value is -2.61. The molecule has 3 rings (SSSR count). The van der Waals surface area contributed by atoms with Crippen LogP contribution in [0.15, 0.2) is 23.6 Å². The van der Waals surface area contributed by atoms with E-state index in [9.17, 15) is 9.59 Å². The van der Waals surface area contributed by atoms with Gasteiger partial charge in [-0.2, -0.15) is 0 Å². The number of rotatable bonds is 8. The van der Waals surface area contributed by atoms with E-state index < -0.39 is 0 Å². The maximum atomic E-state index is 11.4. The Morgan fingerprint density at radius 2 is 2.27 bits per heavy atom. The van der Waals surface area contributed by atoms with E-state index in [1.165, 1.54) is 18.4 Å². The van der Waals surface area contributed by atoms with Crippen LogP contribution >= 0.6 is 11.3 Å². The van der Waals surface area contributed by atoms with Crippen LogP contribution in [0.5, 0.6) is 5.75 Å². The summed E-state index contributed by atoms with van der Waals surface area (Å²) in [6.45, 7) is 0.860. The number of ether oxygens (including phenoxy) is 2. The minimum atomic E-state index is -0.158. The average Bonchev–Trinajstić information content (AvgIpc) is 3.12. The van der Waals surface area contributed by atoms with Gasteiger partial charge in [-0.1, -0.05) is 6.42 Å². The quantitative estimate of drug-likeness (QED) is 0.544. The summed E-state index contributed by atoms with van der Waals surface area (Å²) in [4.78, 5) is 27.1. The van der Waals surface area contributed by atoms with Crippen LogP contribution in [0, 0.1) is 0 Å². The molecule has 1 aliphatic rings. The number of hydrogen-bond donors (Lipinski definition) is 2. The van der Waals surface area contributed by atoms with Crippen LogP contribution in [0.25, 0.3) is 11.3 Å². The van der Waals surface area contributed by atoms with Gasteiger partial charge >= 0.3 is 5.97 Å². The van der Waals surface area contributed by atoms with Crippen LogP contribution in [0.4, 0.5) is 10.8 Å². The predicted octanol–water partition coefficient (Wildman–Crippen LogP) is 3.29. The summed E-state index contributed by atoms with van der Waals surface area (Å²) in [5.74, 6) is 0.366. The monoisotopic (exact) mass is 375 g/mol. The lowest BCUT2D eigenvalue weighted by molar-refractivity contribution is -0.140. The van der Waals surface area contributed by atoms with Gasteiger partial charge in [-0.05, 0) is 31.0 Å². The third kappa shape index (κ3) is 4.72. The smallest absolute Gasteiger partial charge is 0.305 e. The minimum Gasteiger partial charge on any atom is -0.482 e. The summed E-state index contributed by atoms with van der Waals surface area (Å²) < 4.78 is 9.99. The molecule has 26 heavy (non-hydrogen) atoms. The van der Waals surface area contributed by atoms with Gasteiger partial charge in [0.15, 0.2) is 11.7 Å². The highest BCUT2D eigenvalue weighted by molar-refractivity contribution is 7.14. The van der Waals surface area contributed by atoms with Crippen molar-refractivity contribution < 1.29 is 19.1 Å². The first-order valence-corrected chi connectivity index (χ1v) is 9.37. The van der Waals surface area contributed by atoms with Gasteiger partial charge in [-0.3, -0.25) is 9.59 Å². The highest BCUT2D eigenvalue weighted by atomic mass is 32.1. The molecular formula is C18H21N3O4S. The molecule has 0 fully saturated rings. The lowest BCUT2D eigenvalue weighted by atomic mass is 10.1. The molecule has 2 N–H and O–H groups in total. The third-order valence-electron chi connectivity index (χ3n) is 3.97. The van der Waals surface area contributed by atoms with E-state index >= 15 is 0 Å². The van der Waals surface area contributed by atoms with E-state index in [2.05, 4.69) is 20.4 Å². The molecule has 1 aromatic heterocycles. The summed E-state index contributed by atoms with van der Waals surface area (Å²) in [6.07, 6.45) is 3.23. The normalized spacial score (nSPS) is 12.7. The van der Waals surface area contributed by atoms with Gasteiger partial charge in [0.05, 0.1) is 18.5 Å². The maximum absolute atomic E-state index is 11.4. The largest absolute Gasteiger partial charge is 0.482 e. The molecule has 0 radical (unpaired) electrons. The summed E-state index contributed by atoms with van der Waals surface area (Å²) in [6, 6.07) is 5.65. The van der Waals surface area contributed by atoms with E-state index in [1.54, 1.807) is 0 Å². The first kappa shape index (κ1) is 18.2. The molecule has 2 aromatic rings. The second kappa shape index (κ2) is 8.66. The van der Waals surface area contributed by atoms with Gasteiger partial charge in [-0.25, -0.2) is 4.98 Å². The lowest BCUT2D eigenvalue weighted by Crippen LogP contribution is -2.25. The Morgan fingerprint density at radius 3 is 3.12 bits per heavy atom. The molecule has 1 aliphatic heterocycles. The molecule has 2 heterocycles. The molecule has 0 bridgehead atoms. The van der Waals surface area contributed by atoms with Crippen molar-refractivity contribution in [3.05, 3.63) is 23.6 Å². The van der Waals surface area contributed by atoms with E-state index in [-0.39, 0.29) is 18.5 Å². The summed E-state index contributed by atoms with van der Waals surface area (Å²) in [5, 5.41) is 8.94. The molecule has 0 saturated carbocycles. The Morgan fingerprint density at radius 1 is 1.38 bits per heavy atom. The second-order valence-corrected chi connectivity index (χ2v) is 6.76. The van der Waals surface area contributed by atoms with Crippen molar-refractivity contribution in [3.63, 3.8) is 0 Å². The van der Waals surface area contributed by atoms with Gasteiger partial charge in [0.25, 0.3) is 5.91 Å². The standard InChI is InChI=1S/C18H21N3O4S/c1-24-17(23)5-3-2-4-8-19-18-21-14(11-26-18)12-6-7-15-13(9-12)20-16(22)10-25-15/h6-7,9,11H,2-5,8,10H2,1H3,(H,19,21)(H,20,22). The molecule has 0 saturated heterocycles. The summed E-state index contributed by atoms with van der Waals surface area (Å²) in [5.41, 5.74) is 2.45. The maximum Gasteiger partial charge on any atom is 0.305 e. The van der Waals surface area contributed by atoms with E-state index in [1.807, 2.05) is 23.6 Å². The summed E-state index contributed by atoms with van der Waals surface area (Å²) >= 11 is 1.54. The zero-order chi connectivity index (χ0) is 18.4. The number of thiazole rings is 1. The Kier molecular flexibility index (Phi) is 6.06. The number of hydrogen-bond acceptors (Lipinski definition) is 7. The number of carbonyl (C=O) groups is 2. The molecule has 0 aliphatic carbocycles. The molecule has 0 unspecified atom stereocenters. The number of amides is 1. The number of unbranched alkanes of at least 4 members (excludes halogenated alkanes) is 2. The van der Waals surface area contributed by atoms with E-state index in [4.69, 9.17) is 4.74 Å². The van der Waals surface area contributed by atoms with Crippen molar-refractivity contribution in [2.24, 2.45) is 0 Å². The number of anilines is 2. The SMILES string of the molecule is COC(=O)CCCCCNc1nc(-c2ccc3c(c2)NC(=O)CO3)cs1. The highest BCUT2D eigenvalue weighted by Gasteiger charge is 2.17. The predicted molar refractivity (Wildman–Crippen MR) is 101 cm³/mol. The lowest BCUT2D eigenvalue weighted by Gasteiger charge is -2.18. The van der Waals surface area contributed by atoms with Crippen molar-refractivity contribution in [3.8, 4) is 17.0 Å². The van der Waals surface area contributed by atoms with Crippen molar-refractivity contribution in [1.82, 2.24) is 4.98 Å². The number of methoxy groups -OCH3 is 1. The van der Waals surface area contributed by atoms with Crippen LogP contribution < -0.4 is 15.4 Å². The number of carbonyl (C=O) groups excluding carboxylic acids is 2. The fourth-order valence-electron chi connectivity index (χ4n) is 2.60. The van der Waals surface area contributed by atoms with Crippen molar-refractivity contribution in [1.29, 1.82) is 0 Å². The first-order chi connectivity index (χ1) is 12.7. The Bertz CT molecular complexity index is 790. The fraction of sp³-hybridized carbons (Fsp3) is 0.389. The van der Waals surface area contributed by atoms with Crippen LogP contribution in [-0.4, -0.2) is 37.1 Å². The number of nitrogens with one attached hydrogen (secondary N) is 2. The third-order valence-corrected chi connectivity index (χ3v) is 4.77. The average molecular weight is 375 g/mol. The summed E-state index contributed by atoms with van der Waals surface area (Å²) in [7, 11) is 1.41. The molecule has 138 valence electrons. The van der Waals surface area contributed by atoms with Gasteiger partial charge in [0, 0.05) is 23.9 Å². The molecule has 1 aromatic carbocycles. The number of fused-ring (bicyclic) bond motifs is 1. The van der Waals surface area contributed by atoms with E-state index in [0.717, 1.165) is 42.2 Å². The van der Waals surface area contributed by atoms with E-state index in [0.29, 0.717) is 17.9 Å². The molecule has 0 atom stereocenters. The molecule has 7 nitrogen and oxygen atoms in total.